The van der Waals surface area contributed by atoms with E-state index in [4.69, 9.17) is 0 Å². The van der Waals surface area contributed by atoms with Gasteiger partial charge in [0.1, 0.15) is 5.82 Å². The van der Waals surface area contributed by atoms with Gasteiger partial charge in [-0.25, -0.2) is 0 Å². The maximum Gasteiger partial charge on any atom is 0.233 e. The minimum atomic E-state index is -0.204. The number of rotatable bonds is 9. The van der Waals surface area contributed by atoms with Crippen molar-refractivity contribution < 1.29 is 4.79 Å². The molecule has 1 aromatic heterocycles. The summed E-state index contributed by atoms with van der Waals surface area (Å²) in [6, 6.07) is 10.7. The molecule has 2 aromatic rings. The van der Waals surface area contributed by atoms with Gasteiger partial charge in [-0.1, -0.05) is 48.5 Å². The van der Waals surface area contributed by atoms with Crippen molar-refractivity contribution in [3.63, 3.8) is 0 Å². The number of nitrogens with one attached hydrogen (secondary N) is 1. The maximum absolute atomic E-state index is 13.1. The molecule has 5 rings (SSSR count). The van der Waals surface area contributed by atoms with Crippen LogP contribution in [0.15, 0.2) is 35.5 Å². The monoisotopic (exact) mass is 467 g/mol. The molecule has 5 unspecified atom stereocenters. The van der Waals surface area contributed by atoms with Crippen molar-refractivity contribution in [2.75, 3.05) is 13.1 Å². The van der Waals surface area contributed by atoms with E-state index in [1.54, 1.807) is 0 Å². The third-order valence-electron chi connectivity index (χ3n) is 8.00. The number of amides is 1. The van der Waals surface area contributed by atoms with Crippen LogP contribution in [0.2, 0.25) is 0 Å². The van der Waals surface area contributed by atoms with Gasteiger partial charge in [0, 0.05) is 6.04 Å². The number of fused-ring (bicyclic) bond motifs is 2. The van der Waals surface area contributed by atoms with Crippen LogP contribution in [0.4, 0.5) is 0 Å². The Kier molecular flexibility index (Phi) is 7.07. The smallest absolute Gasteiger partial charge is 0.233 e. The zero-order valence-electron chi connectivity index (χ0n) is 19.9. The van der Waals surface area contributed by atoms with E-state index in [9.17, 15) is 4.79 Å². The Morgan fingerprint density at radius 1 is 1.09 bits per heavy atom. The molecular formula is C26H37N5OS. The van der Waals surface area contributed by atoms with Gasteiger partial charge in [0.2, 0.25) is 5.91 Å². The molecule has 1 saturated heterocycles. The molecule has 1 N–H and O–H groups in total. The van der Waals surface area contributed by atoms with Crippen LogP contribution in [0.5, 0.6) is 0 Å². The van der Waals surface area contributed by atoms with Crippen LogP contribution in [0.25, 0.3) is 0 Å². The first-order chi connectivity index (χ1) is 16.1. The van der Waals surface area contributed by atoms with E-state index in [0.29, 0.717) is 5.92 Å². The van der Waals surface area contributed by atoms with Crippen LogP contribution in [0.1, 0.15) is 63.8 Å². The van der Waals surface area contributed by atoms with E-state index >= 15 is 0 Å². The Morgan fingerprint density at radius 2 is 1.88 bits per heavy atom. The fourth-order valence-electron chi connectivity index (χ4n) is 6.16. The molecule has 2 aliphatic carbocycles. The Hall–Kier alpha value is -1.86. The van der Waals surface area contributed by atoms with Crippen LogP contribution in [-0.4, -0.2) is 50.0 Å². The Morgan fingerprint density at radius 3 is 2.58 bits per heavy atom. The summed E-state index contributed by atoms with van der Waals surface area (Å²) in [7, 11) is 0. The highest BCUT2D eigenvalue weighted by atomic mass is 32.2. The molecule has 5 atom stereocenters. The third-order valence-corrected chi connectivity index (χ3v) is 9.08. The highest BCUT2D eigenvalue weighted by Crippen LogP contribution is 2.49. The molecule has 3 fully saturated rings. The topological polar surface area (TPSA) is 63.1 Å². The molecule has 1 aliphatic heterocycles. The lowest BCUT2D eigenvalue weighted by Crippen LogP contribution is -2.43. The lowest BCUT2D eigenvalue weighted by atomic mass is 9.84. The van der Waals surface area contributed by atoms with Gasteiger partial charge >= 0.3 is 0 Å². The van der Waals surface area contributed by atoms with Crippen molar-refractivity contribution in [3.05, 3.63) is 41.7 Å². The second kappa shape index (κ2) is 10.2. The highest BCUT2D eigenvalue weighted by molar-refractivity contribution is 8.00. The first-order valence-corrected chi connectivity index (χ1v) is 13.6. The fourth-order valence-corrected chi connectivity index (χ4v) is 7.03. The number of hydrogen-bond donors (Lipinski definition) is 1. The molecule has 3 aliphatic rings. The maximum atomic E-state index is 13.1. The Labute approximate surface area is 201 Å². The van der Waals surface area contributed by atoms with Crippen molar-refractivity contribution in [3.8, 4) is 0 Å². The van der Waals surface area contributed by atoms with Crippen LogP contribution in [-0.2, 0) is 17.9 Å². The molecule has 2 heterocycles. The summed E-state index contributed by atoms with van der Waals surface area (Å²) in [6.07, 6.45) is 7.92. The fraction of sp³-hybridized carbons (Fsp3) is 0.654. The molecule has 1 aromatic carbocycles. The number of benzene rings is 1. The largest absolute Gasteiger partial charge is 0.352 e. The highest BCUT2D eigenvalue weighted by Gasteiger charge is 2.42. The standard InChI is InChI=1S/C26H37N5OS/c1-18(23-15-21-10-11-22(23)14-21)27-25(32)19(2)33-26-29-28-24(17-30-12-6-7-13-30)31(26)16-20-8-4-3-5-9-20/h3-5,8-9,18-19,21-23H,6-7,10-17H2,1-2H3,(H,27,32). The second-order valence-electron chi connectivity index (χ2n) is 10.3. The number of hydrogen-bond acceptors (Lipinski definition) is 5. The van der Waals surface area contributed by atoms with E-state index < -0.39 is 0 Å². The Bertz CT molecular complexity index is 941. The van der Waals surface area contributed by atoms with Crippen molar-refractivity contribution in [1.29, 1.82) is 0 Å². The summed E-state index contributed by atoms with van der Waals surface area (Å²) in [6.45, 7) is 8.00. The zero-order chi connectivity index (χ0) is 22.8. The average Bonchev–Trinajstić information content (AvgIpc) is 3.62. The summed E-state index contributed by atoms with van der Waals surface area (Å²) in [5.41, 5.74) is 1.23. The zero-order valence-corrected chi connectivity index (χ0v) is 20.8. The molecule has 0 spiro atoms. The quantitative estimate of drug-likeness (QED) is 0.556. The van der Waals surface area contributed by atoms with Crippen molar-refractivity contribution in [1.82, 2.24) is 25.0 Å². The lowest BCUT2D eigenvalue weighted by Gasteiger charge is -2.29. The average molecular weight is 468 g/mol. The van der Waals surface area contributed by atoms with Crippen LogP contribution >= 0.6 is 11.8 Å². The first-order valence-electron chi connectivity index (χ1n) is 12.7. The molecule has 1 amide bonds. The van der Waals surface area contributed by atoms with E-state index in [1.807, 2.05) is 13.0 Å². The van der Waals surface area contributed by atoms with Gasteiger partial charge in [-0.2, -0.15) is 0 Å². The van der Waals surface area contributed by atoms with Crippen molar-refractivity contribution >= 4 is 17.7 Å². The van der Waals surface area contributed by atoms with Gasteiger partial charge < -0.3 is 9.88 Å². The van der Waals surface area contributed by atoms with Gasteiger partial charge in [-0.15, -0.1) is 10.2 Å². The van der Waals surface area contributed by atoms with Gasteiger partial charge in [-0.05, 0) is 82.4 Å². The van der Waals surface area contributed by atoms with Crippen molar-refractivity contribution in [2.45, 2.75) is 81.9 Å². The summed E-state index contributed by atoms with van der Waals surface area (Å²) in [5.74, 6) is 3.47. The minimum absolute atomic E-state index is 0.116. The summed E-state index contributed by atoms with van der Waals surface area (Å²) < 4.78 is 2.21. The lowest BCUT2D eigenvalue weighted by molar-refractivity contribution is -0.121. The molecule has 2 bridgehead atoms. The third kappa shape index (κ3) is 5.29. The molecular weight excluding hydrogens is 430 g/mol. The van der Waals surface area contributed by atoms with Crippen LogP contribution in [0.3, 0.4) is 0 Å². The molecule has 2 saturated carbocycles. The minimum Gasteiger partial charge on any atom is -0.352 e. The number of thioether (sulfide) groups is 1. The Balaban J connectivity index is 1.26. The van der Waals surface area contributed by atoms with Gasteiger partial charge in [-0.3, -0.25) is 9.69 Å². The molecule has 33 heavy (non-hydrogen) atoms. The number of likely N-dealkylation sites (tertiary alicyclic amines) is 1. The van der Waals surface area contributed by atoms with E-state index in [2.05, 4.69) is 56.2 Å². The predicted octanol–water partition coefficient (Wildman–Crippen LogP) is 4.34. The predicted molar refractivity (Wildman–Crippen MR) is 132 cm³/mol. The van der Waals surface area contributed by atoms with Gasteiger partial charge in [0.25, 0.3) is 0 Å². The van der Waals surface area contributed by atoms with E-state index in [-0.39, 0.29) is 17.2 Å². The summed E-state index contributed by atoms with van der Waals surface area (Å²) in [4.78, 5) is 15.5. The second-order valence-corrected chi connectivity index (χ2v) is 11.7. The number of carbonyl (C=O) groups is 1. The number of nitrogens with zero attached hydrogens (tertiary/aromatic N) is 4. The van der Waals surface area contributed by atoms with Gasteiger partial charge in [0.15, 0.2) is 5.16 Å². The number of aromatic nitrogens is 3. The van der Waals surface area contributed by atoms with Crippen LogP contribution in [0, 0.1) is 17.8 Å². The summed E-state index contributed by atoms with van der Waals surface area (Å²) in [5, 5.41) is 13.1. The molecule has 6 nitrogen and oxygen atoms in total. The first kappa shape index (κ1) is 22.9. The van der Waals surface area contributed by atoms with E-state index in [0.717, 1.165) is 49.0 Å². The SMILES string of the molecule is CC(Sc1nnc(CN2CCCC2)n1Cc1ccccc1)C(=O)NC(C)C1CC2CCC1C2. The molecule has 7 heteroatoms. The van der Waals surface area contributed by atoms with Crippen LogP contribution < -0.4 is 5.32 Å². The summed E-state index contributed by atoms with van der Waals surface area (Å²) >= 11 is 1.53. The molecule has 0 radical (unpaired) electrons. The number of carbonyl (C=O) groups excluding carboxylic acids is 1. The van der Waals surface area contributed by atoms with Gasteiger partial charge in [0.05, 0.1) is 18.3 Å². The van der Waals surface area contributed by atoms with E-state index in [1.165, 1.54) is 55.9 Å². The van der Waals surface area contributed by atoms with Crippen molar-refractivity contribution in [2.24, 2.45) is 17.8 Å². The molecule has 178 valence electrons. The normalized spacial score (nSPS) is 26.5.